The fourth-order valence-corrected chi connectivity index (χ4v) is 5.94. The number of piperidine rings is 2. The maximum Gasteiger partial charge on any atom is 0.225 e. The third-order valence-corrected chi connectivity index (χ3v) is 8.62. The van der Waals surface area contributed by atoms with Gasteiger partial charge in [-0.2, -0.15) is 0 Å². The largest absolute Gasteiger partial charge is 0.380 e. The van der Waals surface area contributed by atoms with Gasteiger partial charge in [-0.3, -0.25) is 0 Å². The van der Waals surface area contributed by atoms with Gasteiger partial charge in [0, 0.05) is 62.1 Å². The van der Waals surface area contributed by atoms with Crippen LogP contribution in [0.25, 0.3) is 5.57 Å². The monoisotopic (exact) mass is 612 g/mol. The summed E-state index contributed by atoms with van der Waals surface area (Å²) in [6.07, 6.45) is 16.9. The summed E-state index contributed by atoms with van der Waals surface area (Å²) in [5, 5.41) is 11.0. The van der Waals surface area contributed by atoms with Crippen molar-refractivity contribution in [2.45, 2.75) is 64.4 Å². The van der Waals surface area contributed by atoms with Gasteiger partial charge in [0.1, 0.15) is 17.2 Å². The highest BCUT2D eigenvalue weighted by Crippen LogP contribution is 2.33. The van der Waals surface area contributed by atoms with Crippen molar-refractivity contribution in [3.05, 3.63) is 113 Å². The van der Waals surface area contributed by atoms with Crippen LogP contribution in [-0.2, 0) is 5.60 Å². The molecule has 1 N–H and O–H groups in total. The zero-order valence-electron chi connectivity index (χ0n) is 26.2. The van der Waals surface area contributed by atoms with Crippen LogP contribution in [0, 0.1) is 11.6 Å². The Kier molecular flexibility index (Phi) is 10.8. The second kappa shape index (κ2) is 15.2. The molecule has 0 radical (unpaired) electrons. The second-order valence-corrected chi connectivity index (χ2v) is 11.6. The molecule has 236 valence electrons. The zero-order chi connectivity index (χ0) is 31.6. The predicted molar refractivity (Wildman–Crippen MR) is 175 cm³/mol. The predicted octanol–water partition coefficient (Wildman–Crippen LogP) is 7.31. The minimum atomic E-state index is -1.20. The van der Waals surface area contributed by atoms with Crippen LogP contribution in [0.15, 0.2) is 79.4 Å². The molecule has 2 aromatic heterocycles. The van der Waals surface area contributed by atoms with Crippen molar-refractivity contribution in [3.8, 4) is 0 Å². The van der Waals surface area contributed by atoms with Crippen LogP contribution in [-0.4, -0.2) is 51.2 Å². The van der Waals surface area contributed by atoms with Crippen molar-refractivity contribution < 1.29 is 13.9 Å². The van der Waals surface area contributed by atoms with E-state index in [0.717, 1.165) is 48.8 Å². The molecule has 0 amide bonds. The summed E-state index contributed by atoms with van der Waals surface area (Å²) in [6.45, 7) is 7.89. The van der Waals surface area contributed by atoms with Gasteiger partial charge in [-0.25, -0.2) is 28.7 Å². The number of allylic oxidation sites excluding steroid dienone is 1. The number of aromatic nitrogens is 4. The molecular formula is C36H42F2N6O. The van der Waals surface area contributed by atoms with E-state index < -0.39 is 5.60 Å². The number of nitrogens with zero attached hydrogens (tertiary/aromatic N) is 6. The molecule has 0 bridgehead atoms. The van der Waals surface area contributed by atoms with Crippen molar-refractivity contribution >= 4 is 17.5 Å². The number of anilines is 2. The normalized spacial score (nSPS) is 16.9. The zero-order valence-corrected chi connectivity index (χ0v) is 26.2. The van der Waals surface area contributed by atoms with Crippen molar-refractivity contribution in [1.29, 1.82) is 0 Å². The molecule has 1 atom stereocenters. The first-order valence-corrected chi connectivity index (χ1v) is 16.0. The van der Waals surface area contributed by atoms with E-state index >= 15 is 0 Å². The highest BCUT2D eigenvalue weighted by molar-refractivity contribution is 5.79. The van der Waals surface area contributed by atoms with E-state index in [-0.39, 0.29) is 11.6 Å². The molecule has 2 aliphatic heterocycles. The van der Waals surface area contributed by atoms with Crippen LogP contribution in [0.4, 0.5) is 20.7 Å². The number of aliphatic hydroxyl groups is 1. The van der Waals surface area contributed by atoms with Crippen LogP contribution < -0.4 is 9.80 Å². The quantitative estimate of drug-likeness (QED) is 0.235. The molecule has 4 aromatic rings. The number of hydrogen-bond donors (Lipinski definition) is 1. The van der Waals surface area contributed by atoms with Crippen LogP contribution in [0.5, 0.6) is 0 Å². The first-order chi connectivity index (χ1) is 21.9. The first-order valence-electron chi connectivity index (χ1n) is 16.0. The molecule has 2 fully saturated rings. The lowest BCUT2D eigenvalue weighted by atomic mass is 9.86. The summed E-state index contributed by atoms with van der Waals surface area (Å²) >= 11 is 0. The van der Waals surface area contributed by atoms with Crippen LogP contribution in [0.2, 0.25) is 0 Å². The summed E-state index contributed by atoms with van der Waals surface area (Å²) in [5.74, 6) is 0.976. The average Bonchev–Trinajstić information content (AvgIpc) is 3.11. The van der Waals surface area contributed by atoms with Crippen LogP contribution in [0.1, 0.15) is 81.0 Å². The van der Waals surface area contributed by atoms with Gasteiger partial charge in [0.05, 0.1) is 0 Å². The molecule has 45 heavy (non-hydrogen) atoms. The molecule has 2 aromatic carbocycles. The molecule has 0 saturated carbocycles. The highest BCUT2D eigenvalue weighted by atomic mass is 19.1. The molecule has 6 rings (SSSR count). The van der Waals surface area contributed by atoms with Gasteiger partial charge in [-0.15, -0.1) is 0 Å². The van der Waals surface area contributed by atoms with E-state index in [1.807, 2.05) is 32.3 Å². The Morgan fingerprint density at radius 2 is 1.11 bits per heavy atom. The maximum atomic E-state index is 13.1. The number of rotatable bonds is 7. The standard InChI is InChI=1S/C18H22FN3O.C18H20FN3/c1-2-18(23,14-6-8-16(19)9-7-14)15-12-20-17(21-13-15)22-10-4-3-5-11-22;1-2-17(14-6-8-16(19)9-7-14)15-12-20-18(21-13-15)22-10-4-3-5-11-22/h6-9,12-13,23H,2-5,10-11H2,1H3;2,6-9,12-13H,3-5,10-11H2,1H3/b;17-2+. The van der Waals surface area contributed by atoms with Crippen LogP contribution >= 0.6 is 0 Å². The molecule has 0 aliphatic carbocycles. The Morgan fingerprint density at radius 3 is 1.56 bits per heavy atom. The Balaban J connectivity index is 0.000000178. The summed E-state index contributed by atoms with van der Waals surface area (Å²) in [4.78, 5) is 22.3. The van der Waals surface area contributed by atoms with Gasteiger partial charge in [0.2, 0.25) is 11.9 Å². The van der Waals surface area contributed by atoms with E-state index in [1.165, 1.54) is 62.8 Å². The van der Waals surface area contributed by atoms with Gasteiger partial charge >= 0.3 is 0 Å². The Hall–Kier alpha value is -4.24. The van der Waals surface area contributed by atoms with E-state index in [0.29, 0.717) is 23.5 Å². The fraction of sp³-hybridized carbons (Fsp3) is 0.389. The first kappa shape index (κ1) is 32.2. The minimum absolute atomic E-state index is 0.226. The molecule has 1 unspecified atom stereocenters. The van der Waals surface area contributed by atoms with Crippen molar-refractivity contribution in [3.63, 3.8) is 0 Å². The molecule has 2 saturated heterocycles. The summed E-state index contributed by atoms with van der Waals surface area (Å²) in [5.41, 5.74) is 3.02. The second-order valence-electron chi connectivity index (χ2n) is 11.6. The lowest BCUT2D eigenvalue weighted by Gasteiger charge is -2.29. The minimum Gasteiger partial charge on any atom is -0.380 e. The Labute approximate surface area is 264 Å². The Bertz CT molecular complexity index is 1520. The number of hydrogen-bond acceptors (Lipinski definition) is 7. The van der Waals surface area contributed by atoms with E-state index in [4.69, 9.17) is 0 Å². The van der Waals surface area contributed by atoms with Gasteiger partial charge in [-0.1, -0.05) is 37.3 Å². The molecule has 9 heteroatoms. The topological polar surface area (TPSA) is 78.3 Å². The third kappa shape index (κ3) is 7.89. The molecule has 7 nitrogen and oxygen atoms in total. The Morgan fingerprint density at radius 1 is 0.667 bits per heavy atom. The third-order valence-electron chi connectivity index (χ3n) is 8.62. The van der Waals surface area contributed by atoms with Crippen LogP contribution in [0.3, 0.4) is 0 Å². The van der Waals surface area contributed by atoms with Crippen molar-refractivity contribution in [1.82, 2.24) is 19.9 Å². The van der Waals surface area contributed by atoms with E-state index in [1.54, 1.807) is 36.7 Å². The highest BCUT2D eigenvalue weighted by Gasteiger charge is 2.30. The van der Waals surface area contributed by atoms with Gasteiger partial charge in [0.15, 0.2) is 0 Å². The molecule has 4 heterocycles. The molecular weight excluding hydrogens is 570 g/mol. The molecule has 0 spiro atoms. The summed E-state index contributed by atoms with van der Waals surface area (Å²) in [6, 6.07) is 12.4. The number of benzene rings is 2. The average molecular weight is 613 g/mol. The smallest absolute Gasteiger partial charge is 0.225 e. The van der Waals surface area contributed by atoms with Crippen molar-refractivity contribution in [2.24, 2.45) is 0 Å². The lowest BCUT2D eigenvalue weighted by Crippen LogP contribution is -2.32. The lowest BCUT2D eigenvalue weighted by molar-refractivity contribution is 0.0757. The summed E-state index contributed by atoms with van der Waals surface area (Å²) < 4.78 is 26.2. The van der Waals surface area contributed by atoms with E-state index in [2.05, 4.69) is 29.7 Å². The van der Waals surface area contributed by atoms with Gasteiger partial charge < -0.3 is 14.9 Å². The number of halogens is 2. The SMILES string of the molecule is C/C=C(\c1ccc(F)cc1)c1cnc(N2CCCCC2)nc1.CCC(O)(c1ccc(F)cc1)c1cnc(N2CCCCC2)nc1. The van der Waals surface area contributed by atoms with Gasteiger partial charge in [-0.05, 0) is 92.8 Å². The summed E-state index contributed by atoms with van der Waals surface area (Å²) in [7, 11) is 0. The fourth-order valence-electron chi connectivity index (χ4n) is 5.94. The maximum absolute atomic E-state index is 13.1. The van der Waals surface area contributed by atoms with Crippen molar-refractivity contribution in [2.75, 3.05) is 36.0 Å². The molecule has 2 aliphatic rings. The van der Waals surface area contributed by atoms with E-state index in [9.17, 15) is 13.9 Å². The van der Waals surface area contributed by atoms with Gasteiger partial charge in [0.25, 0.3) is 0 Å².